The Kier molecular flexibility index (Phi) is 4.40. The lowest BCUT2D eigenvalue weighted by Crippen LogP contribution is -2.33. The molecule has 4 rings (SSSR count). The molecule has 1 aliphatic carbocycles. The van der Waals surface area contributed by atoms with Gasteiger partial charge in [0.15, 0.2) is 11.6 Å². The largest absolute Gasteiger partial charge is 0.478 e. The van der Waals surface area contributed by atoms with E-state index in [2.05, 4.69) is 0 Å². The normalized spacial score (nSPS) is 20.0. The molecule has 1 saturated heterocycles. The van der Waals surface area contributed by atoms with E-state index in [-0.39, 0.29) is 66.1 Å². The fraction of sp³-hybridized carbons (Fsp3) is 0.474. The number of carbonyl (C=O) groups excluding carboxylic acids is 1. The summed E-state index contributed by atoms with van der Waals surface area (Å²) in [5, 5.41) is 9.38. The topological polar surface area (TPSA) is 90.1 Å². The Bertz CT molecular complexity index is 898. The van der Waals surface area contributed by atoms with Crippen LogP contribution >= 0.6 is 0 Å². The second-order valence-electron chi connectivity index (χ2n) is 7.54. The maximum atomic E-state index is 15.6. The summed E-state index contributed by atoms with van der Waals surface area (Å²) in [7, 11) is 1.66. The number of halogens is 2. The lowest BCUT2D eigenvalue weighted by molar-refractivity contribution is -0.133. The molecule has 3 aliphatic rings. The fourth-order valence-electron chi connectivity index (χ4n) is 3.85. The van der Waals surface area contributed by atoms with Crippen molar-refractivity contribution >= 4 is 28.9 Å². The summed E-state index contributed by atoms with van der Waals surface area (Å²) in [6.45, 7) is 0.826. The number of hydrogen-bond acceptors (Lipinski definition) is 5. The van der Waals surface area contributed by atoms with Gasteiger partial charge in [0.25, 0.3) is 0 Å². The second-order valence-corrected chi connectivity index (χ2v) is 7.54. The summed E-state index contributed by atoms with van der Waals surface area (Å²) in [6.07, 6.45) is 3.07. The number of carbonyl (C=O) groups is 2. The highest BCUT2D eigenvalue weighted by Crippen LogP contribution is 2.46. The van der Waals surface area contributed by atoms with E-state index in [1.165, 1.54) is 16.0 Å². The van der Waals surface area contributed by atoms with Crippen molar-refractivity contribution < 1.29 is 23.5 Å². The molecule has 0 atom stereocenters. The first-order chi connectivity index (χ1) is 13.3. The number of nitrogens with zero attached hydrogens (tertiary/aromatic N) is 3. The Hall–Kier alpha value is -2.84. The molecule has 2 aliphatic heterocycles. The second kappa shape index (κ2) is 6.65. The molecule has 1 saturated carbocycles. The average Bonchev–Trinajstić information content (AvgIpc) is 3.51. The van der Waals surface area contributed by atoms with Crippen LogP contribution in [-0.2, 0) is 16.0 Å². The van der Waals surface area contributed by atoms with Gasteiger partial charge in [0, 0.05) is 57.3 Å². The first-order valence-electron chi connectivity index (χ1n) is 9.30. The van der Waals surface area contributed by atoms with Gasteiger partial charge in [0.05, 0.1) is 16.9 Å². The Balaban J connectivity index is 1.82. The number of hydrogen-bond donors (Lipinski definition) is 2. The zero-order valence-electron chi connectivity index (χ0n) is 15.5. The van der Waals surface area contributed by atoms with Crippen LogP contribution in [0.15, 0.2) is 11.8 Å². The molecule has 0 spiro atoms. The fourth-order valence-corrected chi connectivity index (χ4v) is 3.85. The number of anilines is 3. The van der Waals surface area contributed by atoms with Gasteiger partial charge in [-0.1, -0.05) is 0 Å². The van der Waals surface area contributed by atoms with Crippen LogP contribution in [0.4, 0.5) is 25.8 Å². The number of aliphatic carboxylic acids is 1. The van der Waals surface area contributed by atoms with Gasteiger partial charge in [0.2, 0.25) is 5.91 Å². The van der Waals surface area contributed by atoms with Gasteiger partial charge in [-0.2, -0.15) is 0 Å². The van der Waals surface area contributed by atoms with Crippen molar-refractivity contribution in [2.75, 3.05) is 42.2 Å². The van der Waals surface area contributed by atoms with Gasteiger partial charge in [-0.05, 0) is 12.8 Å². The molecule has 1 aromatic rings. The Morgan fingerprint density at radius 3 is 2.54 bits per heavy atom. The minimum atomic E-state index is -1.13. The standard InChI is InChI=1S/C19H22F2N4O3/c1-23-6-7-24(5-4-13(23)26)18-14(20)16(22)12-8-10(19(27)28)9-25(11-2-3-11)17(12)15(18)21/h9,11H,2-8,22H2,1H3,(H,27,28). The van der Waals surface area contributed by atoms with Crippen LogP contribution < -0.4 is 15.5 Å². The van der Waals surface area contributed by atoms with Crippen molar-refractivity contribution in [3.63, 3.8) is 0 Å². The van der Waals surface area contributed by atoms with Crippen molar-refractivity contribution in [2.45, 2.75) is 31.7 Å². The molecule has 0 aromatic heterocycles. The Morgan fingerprint density at radius 1 is 1.18 bits per heavy atom. The van der Waals surface area contributed by atoms with Gasteiger partial charge in [0.1, 0.15) is 5.69 Å². The van der Waals surface area contributed by atoms with E-state index in [4.69, 9.17) is 5.73 Å². The molecule has 150 valence electrons. The van der Waals surface area contributed by atoms with Crippen LogP contribution in [0.25, 0.3) is 0 Å². The van der Waals surface area contributed by atoms with Gasteiger partial charge in [-0.3, -0.25) is 4.79 Å². The molecule has 0 bridgehead atoms. The van der Waals surface area contributed by atoms with E-state index >= 15 is 8.78 Å². The predicted molar refractivity (Wildman–Crippen MR) is 100 cm³/mol. The highest BCUT2D eigenvalue weighted by molar-refractivity contribution is 5.91. The SMILES string of the molecule is CN1CCN(c2c(F)c(N)c3c(c2F)N(C2CC2)C=C(C(=O)O)C3)CCC1=O. The molecule has 0 unspecified atom stereocenters. The van der Waals surface area contributed by atoms with Gasteiger partial charge in [-0.15, -0.1) is 0 Å². The maximum Gasteiger partial charge on any atom is 0.333 e. The van der Waals surface area contributed by atoms with Gasteiger partial charge >= 0.3 is 5.97 Å². The molecule has 1 amide bonds. The van der Waals surface area contributed by atoms with Crippen LogP contribution in [0.3, 0.4) is 0 Å². The molecule has 2 fully saturated rings. The highest BCUT2D eigenvalue weighted by Gasteiger charge is 2.39. The lowest BCUT2D eigenvalue weighted by atomic mass is 9.95. The summed E-state index contributed by atoms with van der Waals surface area (Å²) < 4.78 is 30.8. The molecule has 0 radical (unpaired) electrons. The third-order valence-corrected chi connectivity index (χ3v) is 5.65. The predicted octanol–water partition coefficient (Wildman–Crippen LogP) is 1.71. The van der Waals surface area contributed by atoms with Crippen molar-refractivity contribution in [3.8, 4) is 0 Å². The van der Waals surface area contributed by atoms with E-state index < -0.39 is 17.6 Å². The number of carboxylic acid groups (broad SMARTS) is 1. The third kappa shape index (κ3) is 2.94. The minimum Gasteiger partial charge on any atom is -0.478 e. The van der Waals surface area contributed by atoms with Gasteiger partial charge in [-0.25, -0.2) is 13.6 Å². The lowest BCUT2D eigenvalue weighted by Gasteiger charge is -2.33. The van der Waals surface area contributed by atoms with Crippen molar-refractivity contribution in [2.24, 2.45) is 0 Å². The van der Waals surface area contributed by atoms with Crippen molar-refractivity contribution in [1.29, 1.82) is 0 Å². The zero-order valence-corrected chi connectivity index (χ0v) is 15.5. The smallest absolute Gasteiger partial charge is 0.333 e. The molecular weight excluding hydrogens is 370 g/mol. The number of nitrogen functional groups attached to an aromatic ring is 1. The van der Waals surface area contributed by atoms with Crippen LogP contribution in [0, 0.1) is 11.6 Å². The Labute approximate surface area is 161 Å². The van der Waals surface area contributed by atoms with Crippen LogP contribution in [0.2, 0.25) is 0 Å². The number of nitrogens with two attached hydrogens (primary N) is 1. The van der Waals surface area contributed by atoms with Crippen molar-refractivity contribution in [3.05, 3.63) is 29.0 Å². The molecule has 7 nitrogen and oxygen atoms in total. The number of likely N-dealkylation sites (N-methyl/N-ethyl adjacent to an activating group) is 1. The van der Waals surface area contributed by atoms with Crippen molar-refractivity contribution in [1.82, 2.24) is 4.90 Å². The zero-order chi connectivity index (χ0) is 20.2. The summed E-state index contributed by atoms with van der Waals surface area (Å²) in [5.41, 5.74) is 5.95. The number of rotatable bonds is 3. The highest BCUT2D eigenvalue weighted by atomic mass is 19.1. The minimum absolute atomic E-state index is 0.0162. The van der Waals surface area contributed by atoms with E-state index in [9.17, 15) is 14.7 Å². The first-order valence-corrected chi connectivity index (χ1v) is 9.30. The summed E-state index contributed by atoms with van der Waals surface area (Å²) in [5.74, 6) is -2.85. The number of amides is 1. The van der Waals surface area contributed by atoms with Crippen LogP contribution in [0.5, 0.6) is 0 Å². The quantitative estimate of drug-likeness (QED) is 0.762. The number of fused-ring (bicyclic) bond motifs is 1. The van der Waals surface area contributed by atoms with Gasteiger partial charge < -0.3 is 25.5 Å². The average molecular weight is 392 g/mol. The Morgan fingerprint density at radius 2 is 1.89 bits per heavy atom. The van der Waals surface area contributed by atoms with Crippen LogP contribution in [0.1, 0.15) is 24.8 Å². The van der Waals surface area contributed by atoms with E-state index in [1.807, 2.05) is 0 Å². The molecule has 2 heterocycles. The van der Waals surface area contributed by atoms with E-state index in [0.29, 0.717) is 6.54 Å². The van der Waals surface area contributed by atoms with Crippen LogP contribution in [-0.4, -0.2) is 54.6 Å². The molecule has 1 aromatic carbocycles. The molecular formula is C19H22F2N4O3. The van der Waals surface area contributed by atoms with E-state index in [0.717, 1.165) is 12.8 Å². The third-order valence-electron chi connectivity index (χ3n) is 5.65. The van der Waals surface area contributed by atoms with E-state index in [1.54, 1.807) is 11.9 Å². The summed E-state index contributed by atoms with van der Waals surface area (Å²) >= 11 is 0. The summed E-state index contributed by atoms with van der Waals surface area (Å²) in [4.78, 5) is 28.1. The monoisotopic (exact) mass is 392 g/mol. The first kappa shape index (κ1) is 18.5. The molecule has 3 N–H and O–H groups in total. The molecule has 28 heavy (non-hydrogen) atoms. The molecule has 9 heteroatoms. The maximum absolute atomic E-state index is 15.6. The number of benzene rings is 1. The number of carboxylic acids is 1. The summed E-state index contributed by atoms with van der Waals surface area (Å²) in [6, 6.07) is -0.0162.